The van der Waals surface area contributed by atoms with Crippen molar-refractivity contribution in [2.75, 3.05) is 0 Å². The number of terminal acetylenes is 1. The SMILES string of the molecule is C#CC(c1ccccc1)c1cn([Si](C(C)C)(C(C)C)C(C)C)c2ccccc12. The van der Waals surface area contributed by atoms with Gasteiger partial charge in [0.1, 0.15) is 0 Å². The van der Waals surface area contributed by atoms with E-state index >= 15 is 0 Å². The van der Waals surface area contributed by atoms with Crippen LogP contribution in [0.3, 0.4) is 0 Å². The lowest BCUT2D eigenvalue weighted by Crippen LogP contribution is -2.51. The number of hydrogen-bond donors (Lipinski definition) is 0. The molecule has 0 aliphatic carbocycles. The van der Waals surface area contributed by atoms with Gasteiger partial charge >= 0.3 is 0 Å². The number of nitrogens with zero attached hydrogens (tertiary/aromatic N) is 1. The van der Waals surface area contributed by atoms with Crippen molar-refractivity contribution >= 4 is 19.1 Å². The summed E-state index contributed by atoms with van der Waals surface area (Å²) in [5.74, 6) is 3.06. The summed E-state index contributed by atoms with van der Waals surface area (Å²) in [6, 6.07) is 19.3. The standard InChI is InChI=1S/C26H33NSi/c1-8-23(22-14-10-9-11-15-22)25-18-27(26-17-13-12-16-24(25)26)28(19(2)3,20(4)5)21(6)7/h1,9-21,23H,2-7H3. The minimum Gasteiger partial charge on any atom is -0.373 e. The minimum absolute atomic E-state index is 0.0227. The van der Waals surface area contributed by atoms with Gasteiger partial charge in [-0.25, -0.2) is 0 Å². The van der Waals surface area contributed by atoms with E-state index in [9.17, 15) is 0 Å². The summed E-state index contributed by atoms with van der Waals surface area (Å²) in [5, 5.41) is 1.30. The summed E-state index contributed by atoms with van der Waals surface area (Å²) in [6.45, 7) is 14.5. The Kier molecular flexibility index (Phi) is 5.86. The summed E-state index contributed by atoms with van der Waals surface area (Å²) >= 11 is 0. The van der Waals surface area contributed by atoms with E-state index in [4.69, 9.17) is 6.42 Å². The summed E-state index contributed by atoms with van der Waals surface area (Å²) in [6.07, 6.45) is 8.49. The highest BCUT2D eigenvalue weighted by Crippen LogP contribution is 2.45. The van der Waals surface area contributed by atoms with Crippen LogP contribution in [0.25, 0.3) is 10.9 Å². The van der Waals surface area contributed by atoms with Crippen LogP contribution in [0.5, 0.6) is 0 Å². The Hall–Kier alpha value is -2.24. The molecule has 1 nitrogen and oxygen atoms in total. The molecule has 0 aliphatic rings. The van der Waals surface area contributed by atoms with Gasteiger partial charge in [-0.2, -0.15) is 0 Å². The second kappa shape index (κ2) is 8.01. The molecule has 1 heterocycles. The van der Waals surface area contributed by atoms with Crippen LogP contribution in [-0.4, -0.2) is 12.5 Å². The van der Waals surface area contributed by atoms with Crippen molar-refractivity contribution in [3.63, 3.8) is 0 Å². The number of hydrogen-bond acceptors (Lipinski definition) is 0. The van der Waals surface area contributed by atoms with Gasteiger partial charge in [-0.15, -0.1) is 6.42 Å². The Morgan fingerprint density at radius 3 is 1.86 bits per heavy atom. The van der Waals surface area contributed by atoms with Crippen LogP contribution < -0.4 is 0 Å². The molecule has 3 rings (SSSR count). The summed E-state index contributed by atoms with van der Waals surface area (Å²) < 4.78 is 2.69. The van der Waals surface area contributed by atoms with Crippen molar-refractivity contribution in [3.8, 4) is 12.3 Å². The molecule has 3 aromatic rings. The Labute approximate surface area is 171 Å². The molecule has 2 aromatic carbocycles. The van der Waals surface area contributed by atoms with E-state index < -0.39 is 8.24 Å². The molecule has 0 bridgehead atoms. The van der Waals surface area contributed by atoms with Gasteiger partial charge in [0.15, 0.2) is 8.24 Å². The normalized spacial score (nSPS) is 13.4. The maximum atomic E-state index is 6.08. The monoisotopic (exact) mass is 387 g/mol. The maximum absolute atomic E-state index is 6.08. The summed E-state index contributed by atoms with van der Waals surface area (Å²) in [5.41, 5.74) is 5.71. The molecular formula is C26H33NSi. The lowest BCUT2D eigenvalue weighted by Gasteiger charge is -2.44. The van der Waals surface area contributed by atoms with Crippen LogP contribution in [0.1, 0.15) is 58.6 Å². The molecule has 0 amide bonds. The van der Waals surface area contributed by atoms with Crippen LogP contribution in [0, 0.1) is 12.3 Å². The molecule has 1 aromatic heterocycles. The van der Waals surface area contributed by atoms with Crippen molar-refractivity contribution < 1.29 is 0 Å². The van der Waals surface area contributed by atoms with Crippen LogP contribution in [0.2, 0.25) is 16.6 Å². The summed E-state index contributed by atoms with van der Waals surface area (Å²) in [7, 11) is -1.86. The van der Waals surface area contributed by atoms with Crippen molar-refractivity contribution in [2.24, 2.45) is 0 Å². The van der Waals surface area contributed by atoms with Gasteiger partial charge in [-0.1, -0.05) is 96.0 Å². The quantitative estimate of drug-likeness (QED) is 0.306. The number of benzene rings is 2. The van der Waals surface area contributed by atoms with E-state index in [0.29, 0.717) is 16.6 Å². The minimum atomic E-state index is -1.86. The van der Waals surface area contributed by atoms with Gasteiger partial charge in [-0.05, 0) is 33.8 Å². The second-order valence-corrected chi connectivity index (χ2v) is 14.6. The molecule has 0 aliphatic heterocycles. The van der Waals surface area contributed by atoms with Gasteiger partial charge in [-0.3, -0.25) is 0 Å². The number of rotatable bonds is 6. The van der Waals surface area contributed by atoms with Gasteiger partial charge in [0, 0.05) is 17.1 Å². The third-order valence-corrected chi connectivity index (χ3v) is 13.3. The Morgan fingerprint density at radius 1 is 0.786 bits per heavy atom. The molecule has 0 spiro atoms. The average molecular weight is 388 g/mol. The summed E-state index contributed by atoms with van der Waals surface area (Å²) in [4.78, 5) is 0. The zero-order valence-corrected chi connectivity index (χ0v) is 19.1. The third-order valence-electron chi connectivity index (χ3n) is 6.55. The van der Waals surface area contributed by atoms with Gasteiger partial charge in [0.2, 0.25) is 0 Å². The topological polar surface area (TPSA) is 4.93 Å². The average Bonchev–Trinajstić information content (AvgIpc) is 3.03. The first kappa shape index (κ1) is 20.5. The van der Waals surface area contributed by atoms with Gasteiger partial charge < -0.3 is 4.23 Å². The molecule has 0 fully saturated rings. The lowest BCUT2D eigenvalue weighted by atomic mass is 9.92. The number of para-hydroxylation sites is 1. The highest BCUT2D eigenvalue weighted by atomic mass is 28.3. The Balaban J connectivity index is 2.34. The zero-order chi connectivity index (χ0) is 20.5. The van der Waals surface area contributed by atoms with Crippen molar-refractivity contribution in [1.82, 2.24) is 4.23 Å². The molecule has 2 heteroatoms. The lowest BCUT2D eigenvalue weighted by molar-refractivity contribution is 0.771. The Bertz CT molecular complexity index is 951. The van der Waals surface area contributed by atoms with E-state index in [-0.39, 0.29) is 5.92 Å². The van der Waals surface area contributed by atoms with E-state index in [1.54, 1.807) is 0 Å². The first-order valence-electron chi connectivity index (χ1n) is 10.5. The first-order valence-corrected chi connectivity index (χ1v) is 12.6. The zero-order valence-electron chi connectivity index (χ0n) is 18.1. The first-order chi connectivity index (χ1) is 13.4. The molecule has 146 valence electrons. The number of fused-ring (bicyclic) bond motifs is 1. The molecule has 0 saturated carbocycles. The van der Waals surface area contributed by atoms with Crippen LogP contribution in [0.15, 0.2) is 60.8 Å². The van der Waals surface area contributed by atoms with Crippen molar-refractivity contribution in [1.29, 1.82) is 0 Å². The molecule has 28 heavy (non-hydrogen) atoms. The van der Waals surface area contributed by atoms with Crippen molar-refractivity contribution in [2.45, 2.75) is 64.1 Å². The molecule has 0 saturated heterocycles. The molecule has 0 radical (unpaired) electrons. The highest BCUT2D eigenvalue weighted by molar-refractivity contribution is 6.82. The highest BCUT2D eigenvalue weighted by Gasteiger charge is 2.46. The van der Waals surface area contributed by atoms with E-state index in [1.807, 2.05) is 0 Å². The molecule has 1 unspecified atom stereocenters. The predicted molar refractivity (Wildman–Crippen MR) is 126 cm³/mol. The molecule has 1 atom stereocenters. The maximum Gasteiger partial charge on any atom is 0.169 e. The molecule has 0 N–H and O–H groups in total. The fourth-order valence-electron chi connectivity index (χ4n) is 5.60. The largest absolute Gasteiger partial charge is 0.373 e. The second-order valence-electron chi connectivity index (χ2n) is 8.83. The van der Waals surface area contributed by atoms with Gasteiger partial charge in [0.25, 0.3) is 0 Å². The molecular weight excluding hydrogens is 354 g/mol. The van der Waals surface area contributed by atoms with E-state index in [0.717, 1.165) is 0 Å². The fourth-order valence-corrected chi connectivity index (χ4v) is 12.2. The number of aromatic nitrogens is 1. The Morgan fingerprint density at radius 2 is 1.32 bits per heavy atom. The van der Waals surface area contributed by atoms with Crippen LogP contribution in [-0.2, 0) is 0 Å². The smallest absolute Gasteiger partial charge is 0.169 e. The van der Waals surface area contributed by atoms with E-state index in [2.05, 4.69) is 112 Å². The van der Waals surface area contributed by atoms with E-state index in [1.165, 1.54) is 22.0 Å². The predicted octanol–water partition coefficient (Wildman–Crippen LogP) is 7.43. The third kappa shape index (κ3) is 3.12. The van der Waals surface area contributed by atoms with Crippen molar-refractivity contribution in [3.05, 3.63) is 71.9 Å². The fraction of sp³-hybridized carbons (Fsp3) is 0.385. The van der Waals surface area contributed by atoms with Gasteiger partial charge in [0.05, 0.1) is 5.92 Å². The van der Waals surface area contributed by atoms with Crippen LogP contribution >= 0.6 is 0 Å². The van der Waals surface area contributed by atoms with Crippen LogP contribution in [0.4, 0.5) is 0 Å².